The summed E-state index contributed by atoms with van der Waals surface area (Å²) in [4.78, 5) is 27.5. The average molecular weight is 385 g/mol. The van der Waals surface area contributed by atoms with Gasteiger partial charge in [-0.1, -0.05) is 30.3 Å². The summed E-state index contributed by atoms with van der Waals surface area (Å²) in [5.41, 5.74) is 1.06. The maximum atomic E-state index is 12.3. The van der Waals surface area contributed by atoms with Gasteiger partial charge in [0.05, 0.1) is 5.92 Å². The third-order valence-corrected chi connectivity index (χ3v) is 5.62. The number of hydrogen-bond donors (Lipinski definition) is 2. The molecule has 0 spiro atoms. The van der Waals surface area contributed by atoms with Gasteiger partial charge in [0.1, 0.15) is 5.75 Å². The number of carbonyl (C=O) groups excluding carboxylic acids is 2. The van der Waals surface area contributed by atoms with Crippen molar-refractivity contribution < 1.29 is 14.7 Å². The van der Waals surface area contributed by atoms with Crippen LogP contribution in [0.1, 0.15) is 12.0 Å². The number of likely N-dealkylation sites (tertiary alicyclic amines) is 1. The summed E-state index contributed by atoms with van der Waals surface area (Å²) < 4.78 is 0. The van der Waals surface area contributed by atoms with Gasteiger partial charge in [-0.25, -0.2) is 0 Å². The van der Waals surface area contributed by atoms with Crippen LogP contribution in [0.2, 0.25) is 0 Å². The third kappa shape index (κ3) is 5.76. The van der Waals surface area contributed by atoms with E-state index < -0.39 is 0 Å². The Morgan fingerprint density at radius 3 is 2.63 bits per heavy atom. The minimum absolute atomic E-state index is 0.0348. The molecule has 1 aliphatic rings. The summed E-state index contributed by atoms with van der Waals surface area (Å²) >= 11 is 1.70. The summed E-state index contributed by atoms with van der Waals surface area (Å²) in [6.07, 6.45) is 1.00. The van der Waals surface area contributed by atoms with Gasteiger partial charge >= 0.3 is 0 Å². The molecule has 0 aliphatic carbocycles. The van der Waals surface area contributed by atoms with Crippen molar-refractivity contribution in [2.75, 3.05) is 25.4 Å². The number of aromatic hydroxyl groups is 1. The van der Waals surface area contributed by atoms with Crippen molar-refractivity contribution in [3.63, 3.8) is 0 Å². The van der Waals surface area contributed by atoms with Crippen LogP contribution in [0, 0.1) is 5.92 Å². The van der Waals surface area contributed by atoms with Gasteiger partial charge in [0.2, 0.25) is 11.8 Å². The zero-order chi connectivity index (χ0) is 19.1. The largest absolute Gasteiger partial charge is 0.508 e. The van der Waals surface area contributed by atoms with Crippen molar-refractivity contribution in [3.05, 3.63) is 60.2 Å². The van der Waals surface area contributed by atoms with Gasteiger partial charge in [-0.15, -0.1) is 11.8 Å². The Hall–Kier alpha value is -2.47. The highest BCUT2D eigenvalue weighted by Gasteiger charge is 2.33. The van der Waals surface area contributed by atoms with E-state index in [0.717, 1.165) is 11.3 Å². The van der Waals surface area contributed by atoms with Crippen molar-refractivity contribution in [2.24, 2.45) is 5.92 Å². The third-order valence-electron chi connectivity index (χ3n) is 4.61. The van der Waals surface area contributed by atoms with Crippen LogP contribution in [0.5, 0.6) is 5.75 Å². The Balaban J connectivity index is 1.38. The minimum Gasteiger partial charge on any atom is -0.508 e. The summed E-state index contributed by atoms with van der Waals surface area (Å²) in [5, 5.41) is 12.3. The van der Waals surface area contributed by atoms with Gasteiger partial charge < -0.3 is 15.3 Å². The predicted octanol–water partition coefficient (Wildman–Crippen LogP) is 2.69. The Bertz CT molecular complexity index is 765. The molecule has 0 aromatic heterocycles. The number of carbonyl (C=O) groups is 2. The van der Waals surface area contributed by atoms with Crippen LogP contribution in [0.4, 0.5) is 0 Å². The fourth-order valence-corrected chi connectivity index (χ4v) is 3.88. The average Bonchev–Trinajstić information content (AvgIpc) is 3.06. The maximum Gasteiger partial charge on any atom is 0.225 e. The van der Waals surface area contributed by atoms with Crippen LogP contribution < -0.4 is 5.32 Å². The first-order valence-corrected chi connectivity index (χ1v) is 10.1. The van der Waals surface area contributed by atoms with Gasteiger partial charge in [-0.2, -0.15) is 0 Å². The van der Waals surface area contributed by atoms with E-state index in [4.69, 9.17) is 0 Å². The lowest BCUT2D eigenvalue weighted by Gasteiger charge is -2.16. The molecule has 2 aromatic carbocycles. The molecule has 2 amide bonds. The van der Waals surface area contributed by atoms with E-state index in [1.807, 2.05) is 42.5 Å². The number of rotatable bonds is 8. The molecule has 1 heterocycles. The van der Waals surface area contributed by atoms with E-state index in [1.54, 1.807) is 28.8 Å². The maximum absolute atomic E-state index is 12.3. The molecular weight excluding hydrogens is 360 g/mol. The molecule has 27 heavy (non-hydrogen) atoms. The van der Waals surface area contributed by atoms with Crippen LogP contribution in [0.25, 0.3) is 0 Å². The number of benzene rings is 2. The van der Waals surface area contributed by atoms with Crippen LogP contribution in [-0.4, -0.2) is 47.2 Å². The highest BCUT2D eigenvalue weighted by molar-refractivity contribution is 7.99. The molecule has 0 bridgehead atoms. The standard InChI is InChI=1S/C21H24N2O3S/c24-18-8-6-16(7-9-18)10-12-23-15-17(14-20(23)25)21(26)22-11-13-27-19-4-2-1-3-5-19/h1-9,17,24H,10-15H2,(H,22,26). The molecule has 1 aliphatic heterocycles. The van der Waals surface area contributed by atoms with Crippen molar-refractivity contribution in [1.29, 1.82) is 0 Å². The first-order chi connectivity index (χ1) is 13.1. The first kappa shape index (κ1) is 19.3. The van der Waals surface area contributed by atoms with Crippen LogP contribution in [0.15, 0.2) is 59.5 Å². The van der Waals surface area contributed by atoms with Crippen molar-refractivity contribution >= 4 is 23.6 Å². The molecule has 0 radical (unpaired) electrons. The van der Waals surface area contributed by atoms with E-state index in [1.165, 1.54) is 4.90 Å². The molecule has 1 saturated heterocycles. The zero-order valence-electron chi connectivity index (χ0n) is 15.1. The molecule has 2 aromatic rings. The molecular formula is C21H24N2O3S. The van der Waals surface area contributed by atoms with E-state index in [9.17, 15) is 14.7 Å². The number of thioether (sulfide) groups is 1. The van der Waals surface area contributed by atoms with Crippen molar-refractivity contribution in [2.45, 2.75) is 17.7 Å². The van der Waals surface area contributed by atoms with Gasteiger partial charge in [-0.3, -0.25) is 9.59 Å². The summed E-state index contributed by atoms with van der Waals surface area (Å²) in [5.74, 6) is 0.773. The minimum atomic E-state index is -0.265. The lowest BCUT2D eigenvalue weighted by Crippen LogP contribution is -2.34. The van der Waals surface area contributed by atoms with Gasteiger partial charge in [-0.05, 0) is 36.2 Å². The monoisotopic (exact) mass is 384 g/mol. The lowest BCUT2D eigenvalue weighted by atomic mass is 10.1. The molecule has 0 saturated carbocycles. The quantitative estimate of drug-likeness (QED) is 0.542. The van der Waals surface area contributed by atoms with Crippen LogP contribution in [-0.2, 0) is 16.0 Å². The zero-order valence-corrected chi connectivity index (χ0v) is 16.0. The van der Waals surface area contributed by atoms with Gasteiger partial charge in [0.25, 0.3) is 0 Å². The van der Waals surface area contributed by atoms with Gasteiger partial charge in [0.15, 0.2) is 0 Å². The van der Waals surface area contributed by atoms with E-state index in [0.29, 0.717) is 26.1 Å². The second-order valence-corrected chi connectivity index (χ2v) is 7.78. The number of nitrogens with one attached hydrogen (secondary N) is 1. The second-order valence-electron chi connectivity index (χ2n) is 6.61. The predicted molar refractivity (Wildman–Crippen MR) is 107 cm³/mol. The Labute approximate surface area is 163 Å². The fourth-order valence-electron chi connectivity index (χ4n) is 3.09. The number of phenolic OH excluding ortho intramolecular Hbond substituents is 1. The number of amides is 2. The molecule has 3 rings (SSSR count). The molecule has 1 atom stereocenters. The molecule has 1 fully saturated rings. The molecule has 1 unspecified atom stereocenters. The highest BCUT2D eigenvalue weighted by Crippen LogP contribution is 2.20. The number of nitrogens with zero attached hydrogens (tertiary/aromatic N) is 1. The molecule has 2 N–H and O–H groups in total. The smallest absolute Gasteiger partial charge is 0.225 e. The summed E-state index contributed by atoms with van der Waals surface area (Å²) in [6.45, 7) is 1.67. The fraction of sp³-hybridized carbons (Fsp3) is 0.333. The summed E-state index contributed by atoms with van der Waals surface area (Å²) in [6, 6.07) is 17.1. The van der Waals surface area contributed by atoms with E-state index in [-0.39, 0.29) is 29.9 Å². The highest BCUT2D eigenvalue weighted by atomic mass is 32.2. The second kappa shape index (κ2) is 9.46. The summed E-state index contributed by atoms with van der Waals surface area (Å²) in [7, 11) is 0. The number of phenols is 1. The first-order valence-electron chi connectivity index (χ1n) is 9.13. The number of hydrogen-bond acceptors (Lipinski definition) is 4. The lowest BCUT2D eigenvalue weighted by molar-refractivity contribution is -0.128. The Morgan fingerprint density at radius 2 is 1.89 bits per heavy atom. The topological polar surface area (TPSA) is 69.6 Å². The van der Waals surface area contributed by atoms with Crippen LogP contribution >= 0.6 is 11.8 Å². The van der Waals surface area contributed by atoms with Crippen molar-refractivity contribution in [1.82, 2.24) is 10.2 Å². The Morgan fingerprint density at radius 1 is 1.15 bits per heavy atom. The molecule has 5 nitrogen and oxygen atoms in total. The van der Waals surface area contributed by atoms with E-state index >= 15 is 0 Å². The SMILES string of the molecule is O=C(NCCSc1ccccc1)C1CC(=O)N(CCc2ccc(O)cc2)C1. The Kier molecular flexibility index (Phi) is 6.76. The molecule has 6 heteroatoms. The van der Waals surface area contributed by atoms with Gasteiger partial charge in [0, 0.05) is 36.7 Å². The van der Waals surface area contributed by atoms with Crippen molar-refractivity contribution in [3.8, 4) is 5.75 Å². The normalized spacial score (nSPS) is 16.5. The van der Waals surface area contributed by atoms with Crippen LogP contribution in [0.3, 0.4) is 0 Å². The molecule has 142 valence electrons. The van der Waals surface area contributed by atoms with E-state index in [2.05, 4.69) is 5.32 Å².